The molecule has 2 aliphatic heterocycles. The fraction of sp³-hybridized carbons (Fsp3) is 0.722. The van der Waals surface area contributed by atoms with Crippen molar-refractivity contribution in [2.24, 2.45) is 7.05 Å². The molecule has 1 aromatic rings. The molecule has 2 saturated heterocycles. The van der Waals surface area contributed by atoms with Gasteiger partial charge in [0.1, 0.15) is 11.4 Å². The summed E-state index contributed by atoms with van der Waals surface area (Å²) in [5.41, 5.74) is -0.684. The first kappa shape index (κ1) is 18.7. The Morgan fingerprint density at radius 1 is 1.19 bits per heavy atom. The zero-order valence-electron chi connectivity index (χ0n) is 15.7. The maximum absolute atomic E-state index is 13.3. The summed E-state index contributed by atoms with van der Waals surface area (Å²) in [5.74, 6) is 0.941. The van der Waals surface area contributed by atoms with Gasteiger partial charge in [-0.3, -0.25) is 14.3 Å². The van der Waals surface area contributed by atoms with Crippen molar-refractivity contribution in [1.29, 1.82) is 0 Å². The van der Waals surface area contributed by atoms with Crippen molar-refractivity contribution in [3.05, 3.63) is 12.3 Å². The molecule has 0 bridgehead atoms. The van der Waals surface area contributed by atoms with Crippen LogP contribution >= 0.6 is 0 Å². The average molecular weight is 363 g/mol. The fourth-order valence-corrected chi connectivity index (χ4v) is 3.83. The van der Waals surface area contributed by atoms with E-state index >= 15 is 0 Å². The summed E-state index contributed by atoms with van der Waals surface area (Å²) in [7, 11) is 3.46. The van der Waals surface area contributed by atoms with E-state index in [2.05, 4.69) is 10.4 Å². The minimum absolute atomic E-state index is 0.0897. The molecular formula is C18H29N5O3. The third-order valence-corrected chi connectivity index (χ3v) is 5.37. The van der Waals surface area contributed by atoms with Crippen LogP contribution in [0.3, 0.4) is 0 Å². The number of amides is 2. The lowest BCUT2D eigenvalue weighted by Gasteiger charge is -2.43. The summed E-state index contributed by atoms with van der Waals surface area (Å²) in [6, 6.07) is 1.88. The molecule has 2 fully saturated rings. The first-order chi connectivity index (χ1) is 12.5. The number of aromatic nitrogens is 2. The predicted molar refractivity (Wildman–Crippen MR) is 97.7 cm³/mol. The topological polar surface area (TPSA) is 79.7 Å². The van der Waals surface area contributed by atoms with Gasteiger partial charge in [0.15, 0.2) is 0 Å². The number of methoxy groups -OCH3 is 1. The van der Waals surface area contributed by atoms with Crippen molar-refractivity contribution >= 4 is 17.6 Å². The van der Waals surface area contributed by atoms with Gasteiger partial charge >= 0.3 is 0 Å². The maximum Gasteiger partial charge on any atom is 0.248 e. The van der Waals surface area contributed by atoms with Gasteiger partial charge in [0.25, 0.3) is 0 Å². The van der Waals surface area contributed by atoms with Gasteiger partial charge in [-0.25, -0.2) is 0 Å². The Kier molecular flexibility index (Phi) is 5.80. The number of likely N-dealkylation sites (tertiary alicyclic amines) is 2. The van der Waals surface area contributed by atoms with Gasteiger partial charge < -0.3 is 19.9 Å². The monoisotopic (exact) mass is 363 g/mol. The van der Waals surface area contributed by atoms with E-state index in [0.29, 0.717) is 44.8 Å². The molecule has 26 heavy (non-hydrogen) atoms. The molecule has 1 N–H and O–H groups in total. The van der Waals surface area contributed by atoms with Crippen molar-refractivity contribution < 1.29 is 14.3 Å². The number of piperidine rings is 1. The lowest BCUT2D eigenvalue weighted by Crippen LogP contribution is -2.59. The van der Waals surface area contributed by atoms with Gasteiger partial charge in [-0.2, -0.15) is 5.10 Å². The second-order valence-electron chi connectivity index (χ2n) is 7.20. The van der Waals surface area contributed by atoms with Gasteiger partial charge in [0.05, 0.1) is 13.0 Å². The molecule has 144 valence electrons. The zero-order chi connectivity index (χ0) is 18.6. The third kappa shape index (κ3) is 4.00. The molecule has 0 aromatic carbocycles. The van der Waals surface area contributed by atoms with Crippen LogP contribution < -0.4 is 5.32 Å². The summed E-state index contributed by atoms with van der Waals surface area (Å²) in [6.45, 7) is 3.21. The highest BCUT2D eigenvalue weighted by molar-refractivity contribution is 5.90. The number of ether oxygens (including phenoxy) is 1. The molecule has 2 aliphatic rings. The highest BCUT2D eigenvalue weighted by atomic mass is 16.5. The number of carbonyl (C=O) groups is 2. The summed E-state index contributed by atoms with van der Waals surface area (Å²) < 4.78 is 6.72. The number of nitrogens with one attached hydrogen (secondary N) is 1. The highest BCUT2D eigenvalue weighted by Gasteiger charge is 2.45. The third-order valence-electron chi connectivity index (χ3n) is 5.37. The Morgan fingerprint density at radius 3 is 2.46 bits per heavy atom. The van der Waals surface area contributed by atoms with Crippen LogP contribution in [0.5, 0.6) is 0 Å². The van der Waals surface area contributed by atoms with Gasteiger partial charge in [-0.05, 0) is 25.7 Å². The molecule has 0 saturated carbocycles. The van der Waals surface area contributed by atoms with E-state index in [9.17, 15) is 9.59 Å². The zero-order valence-corrected chi connectivity index (χ0v) is 15.7. The number of nitrogens with zero attached hydrogens (tertiary/aromatic N) is 4. The van der Waals surface area contributed by atoms with Gasteiger partial charge in [0, 0.05) is 52.6 Å². The number of rotatable bonds is 6. The molecular weight excluding hydrogens is 334 g/mol. The Bertz CT molecular complexity index is 631. The number of aryl methyl sites for hydroxylation is 1. The SMILES string of the molecule is COCCC(=O)N1CCC(Nc2ccn(C)n2)(C(=O)N2CCCC2)CC1. The van der Waals surface area contributed by atoms with Crippen LogP contribution in [0.25, 0.3) is 0 Å². The Morgan fingerprint density at radius 2 is 1.88 bits per heavy atom. The van der Waals surface area contributed by atoms with Gasteiger partial charge in [-0.1, -0.05) is 0 Å². The number of hydrogen-bond donors (Lipinski definition) is 1. The van der Waals surface area contributed by atoms with Crippen LogP contribution in [0.2, 0.25) is 0 Å². The molecule has 3 rings (SSSR count). The van der Waals surface area contributed by atoms with E-state index < -0.39 is 5.54 Å². The second-order valence-corrected chi connectivity index (χ2v) is 7.20. The largest absolute Gasteiger partial charge is 0.384 e. The Balaban J connectivity index is 1.72. The normalized spacial score (nSPS) is 19.6. The lowest BCUT2D eigenvalue weighted by molar-refractivity contribution is -0.141. The smallest absolute Gasteiger partial charge is 0.248 e. The molecule has 3 heterocycles. The molecule has 1 aromatic heterocycles. The van der Waals surface area contributed by atoms with Crippen LogP contribution in [0.4, 0.5) is 5.82 Å². The molecule has 0 spiro atoms. The quantitative estimate of drug-likeness (QED) is 0.811. The molecule has 0 aliphatic carbocycles. The molecule has 8 nitrogen and oxygen atoms in total. The van der Waals surface area contributed by atoms with Crippen LogP contribution in [0, 0.1) is 0 Å². The maximum atomic E-state index is 13.3. The van der Waals surface area contributed by atoms with Crippen molar-refractivity contribution in [1.82, 2.24) is 19.6 Å². The molecule has 0 unspecified atom stereocenters. The molecule has 0 atom stereocenters. The molecule has 8 heteroatoms. The van der Waals surface area contributed by atoms with Crippen molar-refractivity contribution in [3.8, 4) is 0 Å². The Hall–Kier alpha value is -2.09. The first-order valence-electron chi connectivity index (χ1n) is 9.38. The Labute approximate surface area is 154 Å². The minimum atomic E-state index is -0.684. The van der Waals surface area contributed by atoms with Crippen molar-refractivity contribution in [2.75, 3.05) is 45.2 Å². The van der Waals surface area contributed by atoms with E-state index in [4.69, 9.17) is 4.74 Å². The first-order valence-corrected chi connectivity index (χ1v) is 9.38. The molecule has 0 radical (unpaired) electrons. The van der Waals surface area contributed by atoms with E-state index in [0.717, 1.165) is 25.9 Å². The summed E-state index contributed by atoms with van der Waals surface area (Å²) >= 11 is 0. The van der Waals surface area contributed by atoms with Crippen LogP contribution in [0.1, 0.15) is 32.1 Å². The number of hydrogen-bond acceptors (Lipinski definition) is 5. The predicted octanol–water partition coefficient (Wildman–Crippen LogP) is 0.852. The summed E-state index contributed by atoms with van der Waals surface area (Å²) in [5, 5.41) is 7.80. The summed E-state index contributed by atoms with van der Waals surface area (Å²) in [6.07, 6.45) is 5.56. The highest BCUT2D eigenvalue weighted by Crippen LogP contribution is 2.30. The average Bonchev–Trinajstić information content (AvgIpc) is 3.31. The van der Waals surface area contributed by atoms with Gasteiger partial charge in [-0.15, -0.1) is 0 Å². The van der Waals surface area contributed by atoms with E-state index in [1.54, 1.807) is 11.8 Å². The van der Waals surface area contributed by atoms with Crippen LogP contribution in [-0.2, 0) is 21.4 Å². The fourth-order valence-electron chi connectivity index (χ4n) is 3.83. The van der Waals surface area contributed by atoms with E-state index in [1.165, 1.54) is 0 Å². The van der Waals surface area contributed by atoms with Crippen LogP contribution in [-0.4, -0.2) is 76.8 Å². The summed E-state index contributed by atoms with van der Waals surface area (Å²) in [4.78, 5) is 29.4. The van der Waals surface area contributed by atoms with Gasteiger partial charge in [0.2, 0.25) is 11.8 Å². The number of anilines is 1. The van der Waals surface area contributed by atoms with Crippen LogP contribution in [0.15, 0.2) is 12.3 Å². The second kappa shape index (κ2) is 8.07. The van der Waals surface area contributed by atoms with E-state index in [-0.39, 0.29) is 11.8 Å². The van der Waals surface area contributed by atoms with Crippen molar-refractivity contribution in [2.45, 2.75) is 37.6 Å². The number of carbonyl (C=O) groups excluding carboxylic acids is 2. The molecule has 2 amide bonds. The van der Waals surface area contributed by atoms with E-state index in [1.807, 2.05) is 29.1 Å². The minimum Gasteiger partial charge on any atom is -0.384 e. The van der Waals surface area contributed by atoms with Crippen molar-refractivity contribution in [3.63, 3.8) is 0 Å². The lowest BCUT2D eigenvalue weighted by atomic mass is 9.85. The standard InChI is InChI=1S/C18H29N5O3/c1-21-11-5-15(20-21)19-18(17(25)23-9-3-4-10-23)7-12-22(13-8-18)16(24)6-14-26-2/h5,11H,3-4,6-10,12-14H2,1-2H3,(H,19,20).